The topological polar surface area (TPSA) is 75.3 Å². The molecule has 2 rings (SSSR count). The van der Waals surface area contributed by atoms with Gasteiger partial charge in [0.05, 0.1) is 23.5 Å². The number of aryl methyl sites for hydroxylation is 1. The van der Waals surface area contributed by atoms with Gasteiger partial charge in [0.25, 0.3) is 0 Å². The van der Waals surface area contributed by atoms with E-state index in [1.807, 2.05) is 31.2 Å². The first-order chi connectivity index (χ1) is 10.8. The largest absolute Gasteiger partial charge is 0.354 e. The number of sulfonamides is 1. The number of alkyl halides is 1. The lowest BCUT2D eigenvalue weighted by atomic mass is 10.1. The molecule has 0 aliphatic carbocycles. The monoisotopic (exact) mass is 352 g/mol. The Bertz CT molecular complexity index is 835. The highest BCUT2D eigenvalue weighted by molar-refractivity contribution is 7.92. The number of rotatable bonds is 6. The zero-order valence-electron chi connectivity index (χ0n) is 12.8. The quantitative estimate of drug-likeness (QED) is 0.616. The Balaban J connectivity index is 2.42. The van der Waals surface area contributed by atoms with Crippen molar-refractivity contribution < 1.29 is 13.2 Å². The fourth-order valence-corrected chi connectivity index (χ4v) is 2.79. The molecule has 0 saturated carbocycles. The molecule has 0 unspecified atom stereocenters. The summed E-state index contributed by atoms with van der Waals surface area (Å²) in [4.78, 5) is 11.7. The summed E-state index contributed by atoms with van der Waals surface area (Å²) in [7, 11) is -3.48. The van der Waals surface area contributed by atoms with Crippen LogP contribution >= 0.6 is 11.6 Å². The second kappa shape index (κ2) is 7.02. The summed E-state index contributed by atoms with van der Waals surface area (Å²) < 4.78 is 25.5. The van der Waals surface area contributed by atoms with E-state index in [4.69, 9.17) is 11.6 Å². The molecule has 23 heavy (non-hydrogen) atoms. The normalized spacial score (nSPS) is 11.1. The summed E-state index contributed by atoms with van der Waals surface area (Å²) in [6, 6.07) is 12.4. The number of benzene rings is 2. The first kappa shape index (κ1) is 17.3. The van der Waals surface area contributed by atoms with Crippen LogP contribution in [0.15, 0.2) is 42.5 Å². The number of hydrogen-bond donors (Lipinski definition) is 2. The number of halogens is 1. The molecule has 0 saturated heterocycles. The molecule has 0 fully saturated rings. The van der Waals surface area contributed by atoms with Gasteiger partial charge in [-0.1, -0.05) is 12.1 Å². The second-order valence-corrected chi connectivity index (χ2v) is 7.20. The van der Waals surface area contributed by atoms with E-state index in [0.29, 0.717) is 16.9 Å². The number of nitrogens with one attached hydrogen (secondary N) is 2. The number of hydrogen-bond acceptors (Lipinski definition) is 4. The van der Waals surface area contributed by atoms with Crippen molar-refractivity contribution in [3.8, 4) is 0 Å². The first-order valence-corrected chi connectivity index (χ1v) is 9.26. The van der Waals surface area contributed by atoms with Gasteiger partial charge >= 0.3 is 0 Å². The highest BCUT2D eigenvalue weighted by Gasteiger charge is 2.12. The molecule has 2 aromatic rings. The molecule has 0 heterocycles. The van der Waals surface area contributed by atoms with Gasteiger partial charge in [0, 0.05) is 11.3 Å². The molecule has 0 amide bonds. The summed E-state index contributed by atoms with van der Waals surface area (Å²) in [6.07, 6.45) is 1.06. The van der Waals surface area contributed by atoms with Crippen molar-refractivity contribution in [2.45, 2.75) is 6.92 Å². The van der Waals surface area contributed by atoms with Crippen molar-refractivity contribution in [2.75, 3.05) is 22.2 Å². The minimum absolute atomic E-state index is 0.164. The fourth-order valence-electron chi connectivity index (χ4n) is 2.07. The molecule has 0 radical (unpaired) electrons. The van der Waals surface area contributed by atoms with Gasteiger partial charge in [-0.05, 0) is 42.8 Å². The van der Waals surface area contributed by atoms with Crippen molar-refractivity contribution in [3.63, 3.8) is 0 Å². The lowest BCUT2D eigenvalue weighted by Gasteiger charge is -2.14. The van der Waals surface area contributed by atoms with E-state index in [0.717, 1.165) is 17.5 Å². The van der Waals surface area contributed by atoms with Gasteiger partial charge in [-0.15, -0.1) is 11.6 Å². The molecular formula is C16H17ClN2O3S. The van der Waals surface area contributed by atoms with Crippen LogP contribution in [0.1, 0.15) is 15.9 Å². The summed E-state index contributed by atoms with van der Waals surface area (Å²) in [5, 5.41) is 3.15. The van der Waals surface area contributed by atoms with Gasteiger partial charge in [-0.3, -0.25) is 9.52 Å². The highest BCUT2D eigenvalue weighted by atomic mass is 35.5. The van der Waals surface area contributed by atoms with E-state index in [1.165, 1.54) is 6.07 Å². The average molecular weight is 353 g/mol. The van der Waals surface area contributed by atoms with Gasteiger partial charge in [0.15, 0.2) is 5.78 Å². The molecule has 0 aliphatic rings. The van der Waals surface area contributed by atoms with Crippen molar-refractivity contribution in [1.82, 2.24) is 0 Å². The predicted octanol–water partition coefficient (Wildman–Crippen LogP) is 3.53. The zero-order chi connectivity index (χ0) is 17.0. The lowest BCUT2D eigenvalue weighted by Crippen LogP contribution is -2.12. The van der Waals surface area contributed by atoms with E-state index < -0.39 is 10.0 Å². The number of carbonyl (C=O) groups is 1. The summed E-state index contributed by atoms with van der Waals surface area (Å²) in [6.45, 7) is 1.96. The van der Waals surface area contributed by atoms with Crippen molar-refractivity contribution in [1.29, 1.82) is 0 Å². The average Bonchev–Trinajstić information content (AvgIpc) is 2.47. The van der Waals surface area contributed by atoms with E-state index in [-0.39, 0.29) is 11.7 Å². The molecule has 0 atom stereocenters. The van der Waals surface area contributed by atoms with Crippen molar-refractivity contribution in [3.05, 3.63) is 53.6 Å². The molecule has 0 spiro atoms. The maximum Gasteiger partial charge on any atom is 0.229 e. The zero-order valence-corrected chi connectivity index (χ0v) is 14.3. The van der Waals surface area contributed by atoms with Crippen LogP contribution in [-0.2, 0) is 10.0 Å². The number of Topliss-reactive ketones (excluding diaryl/α,β-unsaturated/α-hetero) is 1. The van der Waals surface area contributed by atoms with Crippen LogP contribution in [0, 0.1) is 6.92 Å². The summed E-state index contributed by atoms with van der Waals surface area (Å²) >= 11 is 5.56. The SMILES string of the molecule is Cc1cccc(Nc2ccc(C(=O)CCl)cc2NS(C)(=O)=O)c1. The van der Waals surface area contributed by atoms with Gasteiger partial charge in [0.2, 0.25) is 10.0 Å². The second-order valence-electron chi connectivity index (χ2n) is 5.19. The minimum Gasteiger partial charge on any atom is -0.354 e. The van der Waals surface area contributed by atoms with E-state index in [1.54, 1.807) is 12.1 Å². The molecule has 122 valence electrons. The van der Waals surface area contributed by atoms with Crippen LogP contribution in [0.2, 0.25) is 0 Å². The molecule has 0 bridgehead atoms. The van der Waals surface area contributed by atoms with Gasteiger partial charge in [0.1, 0.15) is 0 Å². The highest BCUT2D eigenvalue weighted by Crippen LogP contribution is 2.28. The minimum atomic E-state index is -3.48. The third-order valence-corrected chi connectivity index (χ3v) is 3.89. The van der Waals surface area contributed by atoms with Gasteiger partial charge in [-0.2, -0.15) is 0 Å². The lowest BCUT2D eigenvalue weighted by molar-refractivity contribution is 0.102. The van der Waals surface area contributed by atoms with Crippen LogP contribution in [0.5, 0.6) is 0 Å². The Kier molecular flexibility index (Phi) is 5.28. The molecule has 5 nitrogen and oxygen atoms in total. The van der Waals surface area contributed by atoms with E-state index in [9.17, 15) is 13.2 Å². The molecular weight excluding hydrogens is 336 g/mol. The number of ketones is 1. The Morgan fingerprint density at radius 3 is 2.48 bits per heavy atom. The van der Waals surface area contributed by atoms with Crippen LogP contribution < -0.4 is 10.0 Å². The van der Waals surface area contributed by atoms with Gasteiger partial charge in [-0.25, -0.2) is 8.42 Å². The fraction of sp³-hybridized carbons (Fsp3) is 0.188. The van der Waals surface area contributed by atoms with E-state index in [2.05, 4.69) is 10.0 Å². The molecule has 7 heteroatoms. The summed E-state index contributed by atoms with van der Waals surface area (Å²) in [5.41, 5.74) is 3.08. The molecule has 2 aromatic carbocycles. The standard InChI is InChI=1S/C16H17ClN2O3S/c1-11-4-3-5-13(8-11)18-14-7-6-12(16(20)10-17)9-15(14)19-23(2,21)22/h3-9,18-19H,10H2,1-2H3. The molecule has 2 N–H and O–H groups in total. The van der Waals surface area contributed by atoms with Crippen LogP contribution in [0.4, 0.5) is 17.1 Å². The maximum absolute atomic E-state index is 11.7. The Morgan fingerprint density at radius 1 is 1.13 bits per heavy atom. The third-order valence-electron chi connectivity index (χ3n) is 3.06. The molecule has 0 aromatic heterocycles. The Hall–Kier alpha value is -2.05. The van der Waals surface area contributed by atoms with Crippen LogP contribution in [-0.4, -0.2) is 26.3 Å². The van der Waals surface area contributed by atoms with E-state index >= 15 is 0 Å². The smallest absolute Gasteiger partial charge is 0.229 e. The molecule has 0 aliphatic heterocycles. The van der Waals surface area contributed by atoms with Crippen molar-refractivity contribution in [2.24, 2.45) is 0 Å². The number of anilines is 3. The number of carbonyl (C=O) groups excluding carboxylic acids is 1. The Labute approximate surface area is 140 Å². The maximum atomic E-state index is 11.7. The van der Waals surface area contributed by atoms with Crippen molar-refractivity contribution >= 4 is 44.5 Å². The summed E-state index contributed by atoms with van der Waals surface area (Å²) in [5.74, 6) is -0.437. The van der Waals surface area contributed by atoms with Gasteiger partial charge < -0.3 is 5.32 Å². The first-order valence-electron chi connectivity index (χ1n) is 6.83. The van der Waals surface area contributed by atoms with Crippen LogP contribution in [0.3, 0.4) is 0 Å². The predicted molar refractivity (Wildman–Crippen MR) is 94.4 cm³/mol. The van der Waals surface area contributed by atoms with Crippen LogP contribution in [0.25, 0.3) is 0 Å². The Morgan fingerprint density at radius 2 is 1.87 bits per heavy atom. The third kappa shape index (κ3) is 4.97.